The minimum Gasteiger partial charge on any atom is -0.453 e. The smallest absolute Gasteiger partial charge is 0.409 e. The van der Waals surface area contributed by atoms with Crippen LogP contribution < -0.4 is 5.32 Å². The van der Waals surface area contributed by atoms with Gasteiger partial charge in [0.1, 0.15) is 0 Å². The summed E-state index contributed by atoms with van der Waals surface area (Å²) in [5, 5.41) is 11.8. The zero-order chi connectivity index (χ0) is 17.9. The van der Waals surface area contributed by atoms with E-state index in [-0.39, 0.29) is 17.5 Å². The first kappa shape index (κ1) is 17.1. The average molecular weight is 342 g/mol. The Kier molecular flexibility index (Phi) is 4.79. The number of nitrogens with zero attached hydrogens (tertiary/aromatic N) is 3. The molecule has 1 aromatic rings. The molecule has 2 heterocycles. The van der Waals surface area contributed by atoms with Crippen LogP contribution in [0.1, 0.15) is 24.8 Å². The Morgan fingerprint density at radius 2 is 2.04 bits per heavy atom. The van der Waals surface area contributed by atoms with E-state index in [2.05, 4.69) is 11.4 Å². The van der Waals surface area contributed by atoms with E-state index in [1.807, 2.05) is 0 Å². The zero-order valence-corrected chi connectivity index (χ0v) is 14.3. The van der Waals surface area contributed by atoms with Gasteiger partial charge in [0.15, 0.2) is 0 Å². The number of likely N-dealkylation sites (tertiary alicyclic amines) is 2. The molecule has 0 aromatic heterocycles. The first-order chi connectivity index (χ1) is 12.0. The van der Waals surface area contributed by atoms with Crippen LogP contribution in [0.15, 0.2) is 24.3 Å². The van der Waals surface area contributed by atoms with Gasteiger partial charge in [0.2, 0.25) is 0 Å². The summed E-state index contributed by atoms with van der Waals surface area (Å²) in [6.07, 6.45) is 2.52. The molecular weight excluding hydrogens is 320 g/mol. The maximum absolute atomic E-state index is 12.5. The van der Waals surface area contributed by atoms with E-state index < -0.39 is 0 Å². The number of amides is 3. The van der Waals surface area contributed by atoms with Gasteiger partial charge in [0.25, 0.3) is 0 Å². The first-order valence-corrected chi connectivity index (χ1v) is 8.44. The van der Waals surface area contributed by atoms with Crippen molar-refractivity contribution >= 4 is 17.8 Å². The number of anilines is 1. The van der Waals surface area contributed by atoms with Crippen LogP contribution in [0.25, 0.3) is 0 Å². The van der Waals surface area contributed by atoms with Gasteiger partial charge >= 0.3 is 12.1 Å². The average Bonchev–Trinajstić information content (AvgIpc) is 3.04. The molecule has 0 bridgehead atoms. The van der Waals surface area contributed by atoms with Crippen LogP contribution >= 0.6 is 0 Å². The van der Waals surface area contributed by atoms with Crippen molar-refractivity contribution in [3.8, 4) is 6.07 Å². The summed E-state index contributed by atoms with van der Waals surface area (Å²) in [5.74, 6) is 0. The Balaban J connectivity index is 1.62. The second kappa shape index (κ2) is 7.01. The van der Waals surface area contributed by atoms with Gasteiger partial charge in [0, 0.05) is 37.3 Å². The fourth-order valence-electron chi connectivity index (χ4n) is 3.80. The van der Waals surface area contributed by atoms with E-state index in [1.54, 1.807) is 34.1 Å². The van der Waals surface area contributed by atoms with Gasteiger partial charge in [-0.3, -0.25) is 0 Å². The van der Waals surface area contributed by atoms with Crippen LogP contribution in [-0.4, -0.2) is 55.2 Å². The fourth-order valence-corrected chi connectivity index (χ4v) is 3.80. The Morgan fingerprint density at radius 1 is 1.24 bits per heavy atom. The summed E-state index contributed by atoms with van der Waals surface area (Å²) in [6, 6.07) is 8.77. The van der Waals surface area contributed by atoms with Crippen molar-refractivity contribution in [2.45, 2.75) is 19.3 Å². The molecular formula is C18H22N4O3. The summed E-state index contributed by atoms with van der Waals surface area (Å²) >= 11 is 0. The van der Waals surface area contributed by atoms with E-state index in [0.29, 0.717) is 37.4 Å². The van der Waals surface area contributed by atoms with E-state index in [9.17, 15) is 9.59 Å². The number of nitriles is 1. The molecule has 7 heteroatoms. The van der Waals surface area contributed by atoms with E-state index >= 15 is 0 Å². The molecule has 1 atom stereocenters. The summed E-state index contributed by atoms with van der Waals surface area (Å²) in [6.45, 7) is 2.64. The summed E-state index contributed by atoms with van der Waals surface area (Å²) < 4.78 is 4.84. The number of nitrogens with one attached hydrogen (secondary N) is 1. The second-order valence-corrected chi connectivity index (χ2v) is 6.79. The molecule has 1 N–H and O–H groups in total. The molecule has 1 aromatic carbocycles. The maximum Gasteiger partial charge on any atom is 0.409 e. The highest BCUT2D eigenvalue weighted by atomic mass is 16.5. The highest BCUT2D eigenvalue weighted by molar-refractivity contribution is 5.89. The number of ether oxygens (including phenoxy) is 1. The standard InChI is InChI=1S/C18H22N4O3/c1-25-17(24)22-8-3-6-18(13-22)7-9-21(12-18)16(23)20-15-5-2-4-14(10-15)11-19/h2,4-5,10H,3,6-9,12-13H2,1H3,(H,20,23)/t18-/m0/s1. The minimum atomic E-state index is -0.296. The van der Waals surface area contributed by atoms with Crippen LogP contribution in [0, 0.1) is 16.7 Å². The van der Waals surface area contributed by atoms with Crippen molar-refractivity contribution in [2.75, 3.05) is 38.6 Å². The third kappa shape index (κ3) is 3.68. The van der Waals surface area contributed by atoms with Crippen LogP contribution in [0.2, 0.25) is 0 Å². The van der Waals surface area contributed by atoms with Crippen molar-refractivity contribution in [1.29, 1.82) is 5.26 Å². The SMILES string of the molecule is COC(=O)N1CCC[C@@]2(CCN(C(=O)Nc3cccc(C#N)c3)C2)C1. The number of hydrogen-bond donors (Lipinski definition) is 1. The lowest BCUT2D eigenvalue weighted by Crippen LogP contribution is -2.48. The summed E-state index contributed by atoms with van der Waals surface area (Å²) in [4.78, 5) is 27.9. The highest BCUT2D eigenvalue weighted by Gasteiger charge is 2.44. The van der Waals surface area contributed by atoms with Gasteiger partial charge < -0.3 is 19.9 Å². The number of carbonyl (C=O) groups excluding carboxylic acids is 2. The lowest BCUT2D eigenvalue weighted by molar-refractivity contribution is 0.0712. The molecule has 2 saturated heterocycles. The molecule has 7 nitrogen and oxygen atoms in total. The van der Waals surface area contributed by atoms with Crippen molar-refractivity contribution in [3.63, 3.8) is 0 Å². The molecule has 0 radical (unpaired) electrons. The maximum atomic E-state index is 12.5. The van der Waals surface area contributed by atoms with Gasteiger partial charge in [-0.05, 0) is 37.5 Å². The molecule has 132 valence electrons. The molecule has 2 aliphatic heterocycles. The third-order valence-corrected chi connectivity index (χ3v) is 5.06. The molecule has 25 heavy (non-hydrogen) atoms. The lowest BCUT2D eigenvalue weighted by Gasteiger charge is -2.39. The predicted octanol–water partition coefficient (Wildman–Crippen LogP) is 2.64. The number of methoxy groups -OCH3 is 1. The Labute approximate surface area is 147 Å². The number of benzene rings is 1. The molecule has 2 aliphatic rings. The largest absolute Gasteiger partial charge is 0.453 e. The van der Waals surface area contributed by atoms with E-state index in [1.165, 1.54) is 7.11 Å². The first-order valence-electron chi connectivity index (χ1n) is 8.44. The molecule has 0 aliphatic carbocycles. The lowest BCUT2D eigenvalue weighted by atomic mass is 9.79. The number of carbonyl (C=O) groups is 2. The minimum absolute atomic E-state index is 0.0434. The number of piperidine rings is 1. The van der Waals surface area contributed by atoms with E-state index in [0.717, 1.165) is 19.3 Å². The number of urea groups is 1. The number of hydrogen-bond acceptors (Lipinski definition) is 4. The topological polar surface area (TPSA) is 85.7 Å². The second-order valence-electron chi connectivity index (χ2n) is 6.79. The van der Waals surface area contributed by atoms with Gasteiger partial charge in [-0.2, -0.15) is 5.26 Å². The van der Waals surface area contributed by atoms with Gasteiger partial charge in [-0.15, -0.1) is 0 Å². The van der Waals surface area contributed by atoms with Crippen molar-refractivity contribution in [2.24, 2.45) is 5.41 Å². The molecule has 3 amide bonds. The van der Waals surface area contributed by atoms with Gasteiger partial charge in [0.05, 0.1) is 18.7 Å². The fraction of sp³-hybridized carbons (Fsp3) is 0.500. The third-order valence-electron chi connectivity index (χ3n) is 5.06. The normalized spacial score (nSPS) is 22.6. The van der Waals surface area contributed by atoms with Crippen molar-refractivity contribution < 1.29 is 14.3 Å². The molecule has 3 rings (SSSR count). The molecule has 1 spiro atoms. The van der Waals surface area contributed by atoms with Gasteiger partial charge in [-0.1, -0.05) is 6.07 Å². The predicted molar refractivity (Wildman–Crippen MR) is 92.0 cm³/mol. The van der Waals surface area contributed by atoms with Crippen LogP contribution in [-0.2, 0) is 4.74 Å². The zero-order valence-electron chi connectivity index (χ0n) is 14.3. The molecule has 0 saturated carbocycles. The quantitative estimate of drug-likeness (QED) is 0.850. The summed E-state index contributed by atoms with van der Waals surface area (Å²) in [5.41, 5.74) is 1.08. The molecule has 2 fully saturated rings. The van der Waals surface area contributed by atoms with E-state index in [4.69, 9.17) is 10.00 Å². The Hall–Kier alpha value is -2.75. The van der Waals surface area contributed by atoms with Crippen molar-refractivity contribution in [3.05, 3.63) is 29.8 Å². The Bertz CT molecular complexity index is 715. The highest BCUT2D eigenvalue weighted by Crippen LogP contribution is 2.39. The van der Waals surface area contributed by atoms with Crippen molar-refractivity contribution in [1.82, 2.24) is 9.80 Å². The summed E-state index contributed by atoms with van der Waals surface area (Å²) in [7, 11) is 1.40. The van der Waals surface area contributed by atoms with Crippen LogP contribution in [0.4, 0.5) is 15.3 Å². The molecule has 0 unspecified atom stereocenters. The monoisotopic (exact) mass is 342 g/mol. The van der Waals surface area contributed by atoms with Crippen LogP contribution in [0.3, 0.4) is 0 Å². The van der Waals surface area contributed by atoms with Crippen LogP contribution in [0.5, 0.6) is 0 Å². The number of rotatable bonds is 1. The Morgan fingerprint density at radius 3 is 2.80 bits per heavy atom. The van der Waals surface area contributed by atoms with Gasteiger partial charge in [-0.25, -0.2) is 9.59 Å².